The highest BCUT2D eigenvalue weighted by Crippen LogP contribution is 2.28. The first kappa shape index (κ1) is 16.1. The molecule has 0 radical (unpaired) electrons. The predicted octanol–water partition coefficient (Wildman–Crippen LogP) is 2.99. The van der Waals surface area contributed by atoms with Gasteiger partial charge in [0, 0.05) is 18.9 Å². The number of benzene rings is 1. The highest BCUT2D eigenvalue weighted by atomic mass is 32.2. The highest BCUT2D eigenvalue weighted by molar-refractivity contribution is 7.89. The van der Waals surface area contributed by atoms with Gasteiger partial charge in [-0.1, -0.05) is 19.9 Å². The number of hydrogen-bond donors (Lipinski definition) is 0. The Kier molecular flexibility index (Phi) is 4.01. The standard InChI is InChI=1S/C16H19FN2O3S/c1-10(2)16-18-13-9-19(7-6-14(13)22-16)23(20,21)15-8-12(17)5-4-11(15)3/h4-5,8,10H,6-7,9H2,1-3H3. The van der Waals surface area contributed by atoms with E-state index in [9.17, 15) is 12.8 Å². The zero-order chi connectivity index (χ0) is 16.8. The summed E-state index contributed by atoms with van der Waals surface area (Å²) in [5, 5.41) is 0. The summed E-state index contributed by atoms with van der Waals surface area (Å²) in [5.74, 6) is 0.957. The van der Waals surface area contributed by atoms with Crippen LogP contribution in [-0.4, -0.2) is 24.3 Å². The first-order valence-electron chi connectivity index (χ1n) is 7.54. The average molecular weight is 338 g/mol. The molecule has 1 aromatic carbocycles. The largest absolute Gasteiger partial charge is 0.445 e. The molecule has 0 N–H and O–H groups in total. The van der Waals surface area contributed by atoms with Gasteiger partial charge < -0.3 is 4.42 Å². The summed E-state index contributed by atoms with van der Waals surface area (Å²) in [6, 6.07) is 3.81. The number of hydrogen-bond acceptors (Lipinski definition) is 4. The maximum absolute atomic E-state index is 13.5. The highest BCUT2D eigenvalue weighted by Gasteiger charge is 2.32. The fraction of sp³-hybridized carbons (Fsp3) is 0.438. The Hall–Kier alpha value is -1.73. The van der Waals surface area contributed by atoms with Crippen molar-refractivity contribution in [3.63, 3.8) is 0 Å². The molecular formula is C16H19FN2O3S. The van der Waals surface area contributed by atoms with Crippen molar-refractivity contribution < 1.29 is 17.2 Å². The minimum Gasteiger partial charge on any atom is -0.445 e. The number of sulfonamides is 1. The van der Waals surface area contributed by atoms with Crippen LogP contribution in [0.5, 0.6) is 0 Å². The smallest absolute Gasteiger partial charge is 0.243 e. The van der Waals surface area contributed by atoms with Crippen molar-refractivity contribution in [3.05, 3.63) is 46.9 Å². The zero-order valence-corrected chi connectivity index (χ0v) is 14.2. The van der Waals surface area contributed by atoms with Gasteiger partial charge in [-0.3, -0.25) is 0 Å². The molecule has 1 aromatic heterocycles. The average Bonchev–Trinajstić information content (AvgIpc) is 2.93. The normalized spacial score (nSPS) is 15.9. The van der Waals surface area contributed by atoms with Gasteiger partial charge in [0.1, 0.15) is 11.6 Å². The molecule has 0 fully saturated rings. The summed E-state index contributed by atoms with van der Waals surface area (Å²) >= 11 is 0. The first-order valence-corrected chi connectivity index (χ1v) is 8.98. The van der Waals surface area contributed by atoms with Crippen LogP contribution in [0.1, 0.15) is 42.7 Å². The van der Waals surface area contributed by atoms with Crippen LogP contribution in [0.4, 0.5) is 4.39 Å². The third-order valence-electron chi connectivity index (χ3n) is 3.97. The molecule has 5 nitrogen and oxygen atoms in total. The lowest BCUT2D eigenvalue weighted by Gasteiger charge is -2.25. The maximum atomic E-state index is 13.5. The molecule has 0 amide bonds. The van der Waals surface area contributed by atoms with E-state index in [0.29, 0.717) is 30.1 Å². The van der Waals surface area contributed by atoms with Crippen molar-refractivity contribution >= 4 is 10.0 Å². The van der Waals surface area contributed by atoms with Crippen LogP contribution in [0.2, 0.25) is 0 Å². The fourth-order valence-corrected chi connectivity index (χ4v) is 4.28. The second-order valence-corrected chi connectivity index (χ2v) is 7.98. The fourth-order valence-electron chi connectivity index (χ4n) is 2.64. The number of oxazole rings is 1. The molecule has 2 aromatic rings. The summed E-state index contributed by atoms with van der Waals surface area (Å²) in [6.07, 6.45) is 0.475. The van der Waals surface area contributed by atoms with Crippen LogP contribution >= 0.6 is 0 Å². The molecule has 2 heterocycles. The quantitative estimate of drug-likeness (QED) is 0.863. The van der Waals surface area contributed by atoms with Gasteiger partial charge in [0.2, 0.25) is 10.0 Å². The Morgan fingerprint density at radius 1 is 1.35 bits per heavy atom. The van der Waals surface area contributed by atoms with Gasteiger partial charge in [-0.05, 0) is 24.6 Å². The van der Waals surface area contributed by atoms with Gasteiger partial charge in [-0.2, -0.15) is 4.31 Å². The molecule has 0 spiro atoms. The number of rotatable bonds is 3. The lowest BCUT2D eigenvalue weighted by atomic mass is 10.2. The second-order valence-electron chi connectivity index (χ2n) is 6.08. The summed E-state index contributed by atoms with van der Waals surface area (Å²) in [6.45, 7) is 6.07. The summed E-state index contributed by atoms with van der Waals surface area (Å²) < 4.78 is 46.1. The summed E-state index contributed by atoms with van der Waals surface area (Å²) in [7, 11) is -3.76. The number of aromatic nitrogens is 1. The SMILES string of the molecule is Cc1ccc(F)cc1S(=O)(=O)N1CCc2oc(C(C)C)nc2C1. The molecule has 124 valence electrons. The number of fused-ring (bicyclic) bond motifs is 1. The Morgan fingerprint density at radius 3 is 2.78 bits per heavy atom. The Labute approximate surface area is 135 Å². The van der Waals surface area contributed by atoms with Crippen LogP contribution < -0.4 is 0 Å². The van der Waals surface area contributed by atoms with E-state index >= 15 is 0 Å². The molecule has 1 aliphatic heterocycles. The Balaban J connectivity index is 1.94. The van der Waals surface area contributed by atoms with E-state index < -0.39 is 15.8 Å². The van der Waals surface area contributed by atoms with Crippen LogP contribution in [0.15, 0.2) is 27.5 Å². The van der Waals surface area contributed by atoms with Gasteiger partial charge in [0.25, 0.3) is 0 Å². The lowest BCUT2D eigenvalue weighted by molar-refractivity contribution is 0.353. The molecule has 1 aliphatic rings. The summed E-state index contributed by atoms with van der Waals surface area (Å²) in [4.78, 5) is 4.41. The van der Waals surface area contributed by atoms with Gasteiger partial charge in [-0.15, -0.1) is 0 Å². The summed E-state index contributed by atoms with van der Waals surface area (Å²) in [5.41, 5.74) is 1.18. The molecule has 0 saturated carbocycles. The molecule has 0 unspecified atom stereocenters. The van der Waals surface area contributed by atoms with Crippen LogP contribution in [-0.2, 0) is 23.0 Å². The minimum absolute atomic E-state index is 0.00790. The molecule has 7 heteroatoms. The van der Waals surface area contributed by atoms with Crippen molar-refractivity contribution in [2.24, 2.45) is 0 Å². The second kappa shape index (κ2) is 5.72. The van der Waals surface area contributed by atoms with E-state index in [-0.39, 0.29) is 17.4 Å². The van der Waals surface area contributed by atoms with E-state index in [0.717, 1.165) is 11.8 Å². The minimum atomic E-state index is -3.76. The van der Waals surface area contributed by atoms with Crippen LogP contribution in [0.25, 0.3) is 0 Å². The molecule has 0 atom stereocenters. The zero-order valence-electron chi connectivity index (χ0n) is 13.3. The molecule has 23 heavy (non-hydrogen) atoms. The lowest BCUT2D eigenvalue weighted by Crippen LogP contribution is -2.36. The maximum Gasteiger partial charge on any atom is 0.243 e. The van der Waals surface area contributed by atoms with Crippen molar-refractivity contribution in [3.8, 4) is 0 Å². The molecule has 3 rings (SSSR count). The number of halogens is 1. The van der Waals surface area contributed by atoms with Gasteiger partial charge in [0.15, 0.2) is 5.89 Å². The number of aryl methyl sites for hydroxylation is 1. The molecule has 0 saturated heterocycles. The van der Waals surface area contributed by atoms with Gasteiger partial charge >= 0.3 is 0 Å². The molecular weight excluding hydrogens is 319 g/mol. The predicted molar refractivity (Wildman–Crippen MR) is 83.0 cm³/mol. The topological polar surface area (TPSA) is 63.4 Å². The first-order chi connectivity index (χ1) is 10.8. The van der Waals surface area contributed by atoms with E-state index in [1.54, 1.807) is 6.92 Å². The molecule has 0 bridgehead atoms. The van der Waals surface area contributed by atoms with E-state index in [1.807, 2.05) is 13.8 Å². The van der Waals surface area contributed by atoms with Gasteiger partial charge in [0.05, 0.1) is 17.1 Å². The van der Waals surface area contributed by atoms with E-state index in [4.69, 9.17) is 4.42 Å². The monoisotopic (exact) mass is 338 g/mol. The van der Waals surface area contributed by atoms with Gasteiger partial charge in [-0.25, -0.2) is 17.8 Å². The Bertz CT molecular complexity index is 843. The Morgan fingerprint density at radius 2 is 2.09 bits per heavy atom. The van der Waals surface area contributed by atoms with Crippen molar-refractivity contribution in [1.29, 1.82) is 0 Å². The van der Waals surface area contributed by atoms with Crippen molar-refractivity contribution in [2.75, 3.05) is 6.54 Å². The van der Waals surface area contributed by atoms with E-state index in [2.05, 4.69) is 4.98 Å². The third kappa shape index (κ3) is 2.90. The van der Waals surface area contributed by atoms with Crippen LogP contribution in [0, 0.1) is 12.7 Å². The van der Waals surface area contributed by atoms with Crippen molar-refractivity contribution in [2.45, 2.75) is 44.6 Å². The van der Waals surface area contributed by atoms with Crippen LogP contribution in [0.3, 0.4) is 0 Å². The number of nitrogens with zero attached hydrogens (tertiary/aromatic N) is 2. The van der Waals surface area contributed by atoms with Crippen molar-refractivity contribution in [1.82, 2.24) is 9.29 Å². The third-order valence-corrected chi connectivity index (χ3v) is 5.96. The molecule has 0 aliphatic carbocycles. The van der Waals surface area contributed by atoms with E-state index in [1.165, 1.54) is 16.4 Å².